The summed E-state index contributed by atoms with van der Waals surface area (Å²) in [5.41, 5.74) is 0.527. The van der Waals surface area contributed by atoms with Crippen LogP contribution in [0.4, 0.5) is 0 Å². The molecule has 0 fully saturated rings. The van der Waals surface area contributed by atoms with Crippen molar-refractivity contribution in [3.63, 3.8) is 0 Å². The van der Waals surface area contributed by atoms with Crippen LogP contribution in [0.2, 0.25) is 0 Å². The van der Waals surface area contributed by atoms with E-state index in [0.29, 0.717) is 12.1 Å². The molecule has 5 nitrogen and oxygen atoms in total. The second kappa shape index (κ2) is 7.00. The monoisotopic (exact) mass is 228 g/mol. The van der Waals surface area contributed by atoms with Crippen molar-refractivity contribution in [3.8, 4) is 0 Å². The largest absolute Gasteiger partial charge is 0.466 e. The van der Waals surface area contributed by atoms with E-state index in [0.717, 1.165) is 0 Å². The molecule has 0 aliphatic carbocycles. The summed E-state index contributed by atoms with van der Waals surface area (Å²) in [6.45, 7) is 3.91. The molecule has 0 aromatic carbocycles. The number of likely N-dealkylation sites (N-methyl/N-ethyl adjacent to an activating group) is 1. The zero-order valence-electron chi connectivity index (χ0n) is 10.5. The molecule has 0 aromatic rings. The van der Waals surface area contributed by atoms with E-state index in [1.165, 1.54) is 12.0 Å². The smallest absolute Gasteiger partial charge is 0.333 e. The minimum atomic E-state index is -0.353. The normalized spacial score (nSPS) is 13.2. The molecule has 1 N–H and O–H groups in total. The molecule has 0 rings (SSSR count). The number of nitrogens with one attached hydrogen (secondary N) is 1. The summed E-state index contributed by atoms with van der Waals surface area (Å²) in [5, 5.41) is 3.00. The predicted octanol–water partition coefficient (Wildman–Crippen LogP) is 0.172. The van der Waals surface area contributed by atoms with Crippen molar-refractivity contribution in [3.05, 3.63) is 11.6 Å². The summed E-state index contributed by atoms with van der Waals surface area (Å²) in [6.07, 6.45) is 1.70. The predicted molar refractivity (Wildman–Crippen MR) is 61.9 cm³/mol. The maximum atomic E-state index is 11.5. The lowest BCUT2D eigenvalue weighted by Gasteiger charge is -2.17. The van der Waals surface area contributed by atoms with Crippen LogP contribution in [0, 0.1) is 0 Å². The molecular weight excluding hydrogens is 208 g/mol. The molecule has 0 aliphatic heterocycles. The first-order chi connectivity index (χ1) is 7.40. The maximum Gasteiger partial charge on any atom is 0.333 e. The average Bonchev–Trinajstić information content (AvgIpc) is 2.26. The van der Waals surface area contributed by atoms with Crippen LogP contribution < -0.4 is 5.32 Å². The van der Waals surface area contributed by atoms with Crippen molar-refractivity contribution < 1.29 is 14.3 Å². The first-order valence-corrected chi connectivity index (χ1v) is 5.09. The lowest BCUT2D eigenvalue weighted by Crippen LogP contribution is -2.41. The number of methoxy groups -OCH3 is 1. The first-order valence-electron chi connectivity index (χ1n) is 5.09. The number of rotatable bonds is 5. The van der Waals surface area contributed by atoms with Crippen LogP contribution in [0.3, 0.4) is 0 Å². The van der Waals surface area contributed by atoms with Crippen molar-refractivity contribution in [2.24, 2.45) is 0 Å². The van der Waals surface area contributed by atoms with Gasteiger partial charge in [-0.15, -0.1) is 0 Å². The van der Waals surface area contributed by atoms with Crippen molar-refractivity contribution in [1.29, 1.82) is 0 Å². The molecule has 92 valence electrons. The summed E-state index contributed by atoms with van der Waals surface area (Å²) in [5.74, 6) is -0.350. The van der Waals surface area contributed by atoms with Gasteiger partial charge >= 0.3 is 5.97 Å². The number of carbonyl (C=O) groups excluding carboxylic acids is 2. The Balaban J connectivity index is 4.07. The van der Waals surface area contributed by atoms with E-state index in [-0.39, 0.29) is 17.9 Å². The molecule has 0 aliphatic rings. The summed E-state index contributed by atoms with van der Waals surface area (Å²) in [4.78, 5) is 24.0. The van der Waals surface area contributed by atoms with Crippen molar-refractivity contribution in [2.75, 3.05) is 27.7 Å². The van der Waals surface area contributed by atoms with E-state index in [9.17, 15) is 9.59 Å². The molecule has 1 unspecified atom stereocenters. The number of hydrogen-bond acceptors (Lipinski definition) is 4. The summed E-state index contributed by atoms with van der Waals surface area (Å²) in [6, 6.07) is -0.267. The van der Waals surface area contributed by atoms with Gasteiger partial charge in [0.15, 0.2) is 0 Å². The fourth-order valence-corrected chi connectivity index (χ4v) is 1.11. The Morgan fingerprint density at radius 3 is 2.44 bits per heavy atom. The standard InChI is InChI=1S/C11H20N2O3/c1-8(11(15)16-5)6-7-12-9(2)10(14)13(3)4/h6,9,12H,7H2,1-5H3. The Morgan fingerprint density at radius 2 is 2.00 bits per heavy atom. The Hall–Kier alpha value is -1.36. The van der Waals surface area contributed by atoms with E-state index >= 15 is 0 Å². The molecule has 0 saturated carbocycles. The molecule has 1 amide bonds. The molecular formula is C11H20N2O3. The van der Waals surface area contributed by atoms with Crippen LogP contribution in [0.25, 0.3) is 0 Å². The number of nitrogens with zero attached hydrogens (tertiary/aromatic N) is 1. The maximum absolute atomic E-state index is 11.5. The van der Waals surface area contributed by atoms with E-state index in [1.807, 2.05) is 0 Å². The van der Waals surface area contributed by atoms with E-state index in [2.05, 4.69) is 10.1 Å². The number of hydrogen-bond donors (Lipinski definition) is 1. The second-order valence-electron chi connectivity index (χ2n) is 3.74. The SMILES string of the molecule is COC(=O)C(C)=CCNC(C)C(=O)N(C)C. The number of ether oxygens (including phenoxy) is 1. The van der Waals surface area contributed by atoms with Crippen molar-refractivity contribution in [1.82, 2.24) is 10.2 Å². The van der Waals surface area contributed by atoms with Gasteiger partial charge in [-0.05, 0) is 13.8 Å². The van der Waals surface area contributed by atoms with Gasteiger partial charge in [0.05, 0.1) is 13.2 Å². The third kappa shape index (κ3) is 4.93. The highest BCUT2D eigenvalue weighted by Crippen LogP contribution is 1.95. The zero-order chi connectivity index (χ0) is 12.7. The third-order valence-electron chi connectivity index (χ3n) is 2.15. The summed E-state index contributed by atoms with van der Waals surface area (Å²) >= 11 is 0. The van der Waals surface area contributed by atoms with Crippen LogP contribution in [-0.2, 0) is 14.3 Å². The molecule has 5 heteroatoms. The van der Waals surface area contributed by atoms with E-state index < -0.39 is 0 Å². The highest BCUT2D eigenvalue weighted by atomic mass is 16.5. The molecule has 0 saturated heterocycles. The topological polar surface area (TPSA) is 58.6 Å². The third-order valence-corrected chi connectivity index (χ3v) is 2.15. The number of amides is 1. The fourth-order valence-electron chi connectivity index (χ4n) is 1.11. The quantitative estimate of drug-likeness (QED) is 0.538. The van der Waals surface area contributed by atoms with Gasteiger partial charge in [-0.3, -0.25) is 4.79 Å². The van der Waals surface area contributed by atoms with Gasteiger partial charge in [-0.1, -0.05) is 6.08 Å². The van der Waals surface area contributed by atoms with Gasteiger partial charge in [0.2, 0.25) is 5.91 Å². The highest BCUT2D eigenvalue weighted by Gasteiger charge is 2.13. The van der Waals surface area contributed by atoms with E-state index in [1.54, 1.807) is 34.0 Å². The molecule has 1 atom stereocenters. The fraction of sp³-hybridized carbons (Fsp3) is 0.636. The van der Waals surface area contributed by atoms with Crippen LogP contribution in [0.1, 0.15) is 13.8 Å². The summed E-state index contributed by atoms with van der Waals surface area (Å²) < 4.78 is 4.55. The van der Waals surface area contributed by atoms with Crippen LogP contribution in [0.15, 0.2) is 11.6 Å². The summed E-state index contributed by atoms with van der Waals surface area (Å²) in [7, 11) is 4.75. The minimum Gasteiger partial charge on any atom is -0.466 e. The van der Waals surface area contributed by atoms with Gasteiger partial charge in [0.25, 0.3) is 0 Å². The molecule has 0 bridgehead atoms. The lowest BCUT2D eigenvalue weighted by atomic mass is 10.2. The van der Waals surface area contributed by atoms with Crippen LogP contribution in [0.5, 0.6) is 0 Å². The Labute approximate surface area is 96.4 Å². The van der Waals surface area contributed by atoms with Crippen molar-refractivity contribution in [2.45, 2.75) is 19.9 Å². The Morgan fingerprint density at radius 1 is 1.44 bits per heavy atom. The molecule has 0 heterocycles. The Bertz CT molecular complexity index is 285. The molecule has 0 spiro atoms. The minimum absolute atomic E-state index is 0.00382. The van der Waals surface area contributed by atoms with Gasteiger partial charge in [-0.25, -0.2) is 4.79 Å². The van der Waals surface area contributed by atoms with Gasteiger partial charge in [-0.2, -0.15) is 0 Å². The van der Waals surface area contributed by atoms with Crippen LogP contribution in [-0.4, -0.2) is 50.6 Å². The highest BCUT2D eigenvalue weighted by molar-refractivity contribution is 5.87. The van der Waals surface area contributed by atoms with Crippen molar-refractivity contribution >= 4 is 11.9 Å². The van der Waals surface area contributed by atoms with Gasteiger partial charge in [0.1, 0.15) is 0 Å². The molecule has 0 radical (unpaired) electrons. The Kier molecular flexibility index (Phi) is 6.41. The van der Waals surface area contributed by atoms with E-state index in [4.69, 9.17) is 0 Å². The van der Waals surface area contributed by atoms with Gasteiger partial charge in [0, 0.05) is 26.2 Å². The molecule has 16 heavy (non-hydrogen) atoms. The molecule has 0 aromatic heterocycles. The zero-order valence-corrected chi connectivity index (χ0v) is 10.5. The lowest BCUT2D eigenvalue weighted by molar-refractivity contribution is -0.136. The number of carbonyl (C=O) groups is 2. The van der Waals surface area contributed by atoms with Gasteiger partial charge < -0.3 is 15.0 Å². The number of esters is 1. The first kappa shape index (κ1) is 14.6. The van der Waals surface area contributed by atoms with Crippen LogP contribution >= 0.6 is 0 Å². The second-order valence-corrected chi connectivity index (χ2v) is 3.74. The average molecular weight is 228 g/mol.